The zero-order valence-electron chi connectivity index (χ0n) is 31.0. The number of hydrogen-bond donors (Lipinski definition) is 0. The van der Waals surface area contributed by atoms with E-state index in [1.165, 1.54) is 12.8 Å². The Labute approximate surface area is 248 Å². The molecule has 12 atom stereocenters. The highest BCUT2D eigenvalue weighted by Crippen LogP contribution is 2.93. The lowest BCUT2D eigenvalue weighted by molar-refractivity contribution is -0.359. The van der Waals surface area contributed by atoms with Crippen molar-refractivity contribution < 1.29 is 0 Å². The monoisotopic (exact) mass is 543 g/mol. The second-order valence-electron chi connectivity index (χ2n) is 19.7. The first-order valence-electron chi connectivity index (χ1n) is 17.1. The van der Waals surface area contributed by atoms with E-state index < -0.39 is 0 Å². The Bertz CT molecular complexity index is 938. The van der Waals surface area contributed by atoms with Crippen molar-refractivity contribution in [2.75, 3.05) is 0 Å². The number of hydrogen-bond acceptors (Lipinski definition) is 0. The van der Waals surface area contributed by atoms with E-state index >= 15 is 0 Å². The van der Waals surface area contributed by atoms with Gasteiger partial charge in [0.1, 0.15) is 0 Å². The van der Waals surface area contributed by atoms with Crippen molar-refractivity contribution in [2.24, 2.45) is 90.2 Å². The molecule has 0 spiro atoms. The molecule has 3 aliphatic rings. The topological polar surface area (TPSA) is 0 Å². The maximum atomic E-state index is 2.84. The number of rotatable bonds is 4. The summed E-state index contributed by atoms with van der Waals surface area (Å²) in [5.41, 5.74) is 2.27. The fourth-order valence-electron chi connectivity index (χ4n) is 14.5. The molecule has 0 nitrogen and oxygen atoms in total. The lowest BCUT2D eigenvalue weighted by Gasteiger charge is -2.83. The van der Waals surface area contributed by atoms with Crippen molar-refractivity contribution in [2.45, 2.75) is 158 Å². The SMILES string of the molecule is CCC(C)([C@]1(C)[C@H](C)[C@H](C)[C@H](C)C(C)(C)C1(C)C)[C@@]12[C@H](C)CC1(C(C)(C)C)[C@@](C)([C@H](C)C(C)(C)C)[C@@H](C)[C@H]2C. The van der Waals surface area contributed by atoms with Crippen LogP contribution in [0.5, 0.6) is 0 Å². The van der Waals surface area contributed by atoms with E-state index in [-0.39, 0.29) is 48.7 Å². The molecule has 3 rings (SSSR count). The fraction of sp³-hybridized carbons (Fsp3) is 1.00. The third kappa shape index (κ3) is 3.15. The van der Waals surface area contributed by atoms with Crippen LogP contribution in [-0.4, -0.2) is 0 Å². The van der Waals surface area contributed by atoms with Gasteiger partial charge in [-0.3, -0.25) is 0 Å². The molecule has 0 bridgehead atoms. The summed E-state index contributed by atoms with van der Waals surface area (Å²) in [7, 11) is 0. The van der Waals surface area contributed by atoms with Gasteiger partial charge in [-0.1, -0.05) is 145 Å². The molecule has 230 valence electrons. The summed E-state index contributed by atoms with van der Waals surface area (Å²) >= 11 is 0. The summed E-state index contributed by atoms with van der Waals surface area (Å²) < 4.78 is 0. The second kappa shape index (κ2) is 8.77. The smallest absolute Gasteiger partial charge is 0.0117 e. The molecule has 0 amide bonds. The lowest BCUT2D eigenvalue weighted by Crippen LogP contribution is -2.78. The van der Waals surface area contributed by atoms with Crippen LogP contribution in [0.15, 0.2) is 0 Å². The van der Waals surface area contributed by atoms with Crippen molar-refractivity contribution in [3.8, 4) is 0 Å². The van der Waals surface area contributed by atoms with Crippen molar-refractivity contribution in [1.82, 2.24) is 0 Å². The summed E-state index contributed by atoms with van der Waals surface area (Å²) in [5, 5.41) is 0. The molecule has 0 aromatic rings. The molecule has 0 heterocycles. The molecule has 39 heavy (non-hydrogen) atoms. The molecule has 3 saturated carbocycles. The molecule has 3 fully saturated rings. The Morgan fingerprint density at radius 3 is 1.51 bits per heavy atom. The van der Waals surface area contributed by atoms with E-state index in [0.717, 1.165) is 5.92 Å². The Hall–Kier alpha value is 0. The molecule has 0 aliphatic heterocycles. The van der Waals surface area contributed by atoms with Crippen molar-refractivity contribution in [1.29, 1.82) is 0 Å². The van der Waals surface area contributed by atoms with Gasteiger partial charge in [-0.05, 0) is 103 Å². The largest absolute Gasteiger partial charge is 0.0648 e. The van der Waals surface area contributed by atoms with Crippen LogP contribution in [0, 0.1) is 90.2 Å². The van der Waals surface area contributed by atoms with Crippen LogP contribution >= 0.6 is 0 Å². The lowest BCUT2D eigenvalue weighted by atomic mass is 9.21. The van der Waals surface area contributed by atoms with Gasteiger partial charge in [-0.25, -0.2) is 0 Å². The molecule has 0 saturated heterocycles. The Morgan fingerprint density at radius 1 is 0.692 bits per heavy atom. The van der Waals surface area contributed by atoms with E-state index in [9.17, 15) is 0 Å². The van der Waals surface area contributed by atoms with Gasteiger partial charge in [-0.15, -0.1) is 0 Å². The minimum atomic E-state index is 0.208. The second-order valence-corrected chi connectivity index (χ2v) is 19.7. The molecular formula is C39H74. The standard InChI is InChI=1S/C39H74/c1-22-35(19,37(21)27(5)25(3)26(4)33(15,16)34(37,17)18)39-24(2)23-38(39,32(12,13)14)36(20,28(6)29(39)7)30(8)31(9,10)11/h24-30H,22-23H2,1-21H3/t24-,25-,26+,27-,28+,29-,30-,35?,36-,37-,38?,39+/m1/s1. The molecule has 0 aromatic heterocycles. The fourth-order valence-corrected chi connectivity index (χ4v) is 14.5. The summed E-state index contributed by atoms with van der Waals surface area (Å²) in [5.74, 6) is 4.88. The predicted molar refractivity (Wildman–Crippen MR) is 175 cm³/mol. The van der Waals surface area contributed by atoms with Crippen LogP contribution in [0.2, 0.25) is 0 Å². The molecule has 2 unspecified atom stereocenters. The van der Waals surface area contributed by atoms with Gasteiger partial charge in [0, 0.05) is 0 Å². The summed E-state index contributed by atoms with van der Waals surface area (Å²) in [6.07, 6.45) is 2.66. The highest BCUT2D eigenvalue weighted by atomic mass is 14.9. The first kappa shape index (κ1) is 33.5. The minimum Gasteiger partial charge on any atom is -0.0648 e. The van der Waals surface area contributed by atoms with Crippen molar-refractivity contribution in [3.05, 3.63) is 0 Å². The number of fused-ring (bicyclic) bond motifs is 1. The van der Waals surface area contributed by atoms with Gasteiger partial charge < -0.3 is 0 Å². The molecule has 0 aromatic carbocycles. The highest BCUT2D eigenvalue weighted by Gasteiger charge is 2.88. The quantitative estimate of drug-likeness (QED) is 0.331. The van der Waals surface area contributed by atoms with E-state index in [1.54, 1.807) is 0 Å². The Kier molecular flexibility index (Phi) is 7.54. The van der Waals surface area contributed by atoms with Gasteiger partial charge >= 0.3 is 0 Å². The van der Waals surface area contributed by atoms with Crippen LogP contribution < -0.4 is 0 Å². The highest BCUT2D eigenvalue weighted by molar-refractivity contribution is 5.35. The van der Waals surface area contributed by atoms with E-state index in [1.807, 2.05) is 0 Å². The van der Waals surface area contributed by atoms with E-state index in [4.69, 9.17) is 0 Å². The summed E-state index contributed by atoms with van der Waals surface area (Å²) in [6.45, 7) is 55.8. The molecule has 0 radical (unpaired) electrons. The maximum absolute atomic E-state index is 2.84. The first-order valence-corrected chi connectivity index (χ1v) is 17.1. The minimum absolute atomic E-state index is 0.208. The van der Waals surface area contributed by atoms with Gasteiger partial charge in [0.05, 0.1) is 0 Å². The molecule has 0 N–H and O–H groups in total. The van der Waals surface area contributed by atoms with Gasteiger partial charge in [0.15, 0.2) is 0 Å². The zero-order chi connectivity index (χ0) is 31.0. The Morgan fingerprint density at radius 2 is 1.15 bits per heavy atom. The molecule has 3 aliphatic carbocycles. The first-order chi connectivity index (χ1) is 17.1. The zero-order valence-corrected chi connectivity index (χ0v) is 31.0. The van der Waals surface area contributed by atoms with Gasteiger partial charge in [-0.2, -0.15) is 0 Å². The van der Waals surface area contributed by atoms with Gasteiger partial charge in [0.25, 0.3) is 0 Å². The van der Waals surface area contributed by atoms with Crippen LogP contribution in [0.25, 0.3) is 0 Å². The summed E-state index contributed by atoms with van der Waals surface area (Å²) in [6, 6.07) is 0. The van der Waals surface area contributed by atoms with Crippen molar-refractivity contribution >= 4 is 0 Å². The maximum Gasteiger partial charge on any atom is -0.0117 e. The Balaban J connectivity index is 2.54. The van der Waals surface area contributed by atoms with E-state index in [0.29, 0.717) is 35.5 Å². The van der Waals surface area contributed by atoms with Crippen LogP contribution in [0.1, 0.15) is 158 Å². The van der Waals surface area contributed by atoms with Crippen LogP contribution in [-0.2, 0) is 0 Å². The van der Waals surface area contributed by atoms with Gasteiger partial charge in [0.2, 0.25) is 0 Å². The third-order valence-corrected chi connectivity index (χ3v) is 18.2. The summed E-state index contributed by atoms with van der Waals surface area (Å²) in [4.78, 5) is 0. The normalized spacial score (nSPS) is 50.1. The predicted octanol–water partition coefficient (Wildman–Crippen LogP) is 12.4. The molecule has 0 heteroatoms. The molecular weight excluding hydrogens is 468 g/mol. The van der Waals surface area contributed by atoms with Crippen LogP contribution in [0.4, 0.5) is 0 Å². The van der Waals surface area contributed by atoms with Crippen molar-refractivity contribution in [3.63, 3.8) is 0 Å². The van der Waals surface area contributed by atoms with Crippen LogP contribution in [0.3, 0.4) is 0 Å². The van der Waals surface area contributed by atoms with E-state index in [2.05, 4.69) is 145 Å². The average molecular weight is 543 g/mol. The third-order valence-electron chi connectivity index (χ3n) is 18.2. The average Bonchev–Trinajstić information content (AvgIpc) is 2.92.